The first-order valence-corrected chi connectivity index (χ1v) is 4.92. The maximum absolute atomic E-state index is 8.99. The highest BCUT2D eigenvalue weighted by atomic mass is 35.5. The van der Waals surface area contributed by atoms with Crippen molar-refractivity contribution in [3.8, 4) is 0 Å². The lowest BCUT2D eigenvalue weighted by Gasteiger charge is -2.14. The van der Waals surface area contributed by atoms with Crippen LogP contribution in [0.25, 0.3) is 0 Å². The Hall–Kier alpha value is -0.870. The van der Waals surface area contributed by atoms with Crippen LogP contribution in [0.1, 0.15) is 19.2 Å². The first-order valence-electron chi connectivity index (χ1n) is 4.54. The van der Waals surface area contributed by atoms with E-state index in [1.165, 1.54) is 0 Å². The minimum absolute atomic E-state index is 0.0142. The standard InChI is InChI=1S/C9H14ClN3O/c1-3-7(5-14)13-9-4-8(10)11-6(2)12-9/h4,7,14H,3,5H2,1-2H3,(H,11,12,13)/t7-/m1/s1. The zero-order chi connectivity index (χ0) is 10.6. The second-order valence-corrected chi connectivity index (χ2v) is 3.44. The number of rotatable bonds is 4. The lowest BCUT2D eigenvalue weighted by molar-refractivity contribution is 0.271. The molecule has 1 aromatic rings. The molecular formula is C9H14ClN3O. The number of aliphatic hydroxyl groups is 1. The Morgan fingerprint density at radius 2 is 2.29 bits per heavy atom. The van der Waals surface area contributed by atoms with Gasteiger partial charge in [-0.1, -0.05) is 18.5 Å². The van der Waals surface area contributed by atoms with Gasteiger partial charge in [0, 0.05) is 6.07 Å². The molecule has 0 aromatic carbocycles. The van der Waals surface area contributed by atoms with E-state index >= 15 is 0 Å². The molecule has 1 rings (SSSR count). The molecule has 5 heteroatoms. The number of halogens is 1. The lowest BCUT2D eigenvalue weighted by Crippen LogP contribution is -2.23. The molecule has 0 aliphatic heterocycles. The fourth-order valence-corrected chi connectivity index (χ4v) is 1.32. The van der Waals surface area contributed by atoms with Crippen LogP contribution in [0.5, 0.6) is 0 Å². The third-order valence-electron chi connectivity index (χ3n) is 1.87. The van der Waals surface area contributed by atoms with Gasteiger partial charge in [0.05, 0.1) is 12.6 Å². The van der Waals surface area contributed by atoms with Crippen molar-refractivity contribution in [2.75, 3.05) is 11.9 Å². The highest BCUT2D eigenvalue weighted by Crippen LogP contribution is 2.12. The number of aliphatic hydroxyl groups excluding tert-OH is 1. The Bertz CT molecular complexity index is 282. The number of nitrogens with one attached hydrogen (secondary N) is 1. The molecule has 2 N–H and O–H groups in total. The van der Waals surface area contributed by atoms with E-state index in [-0.39, 0.29) is 12.6 Å². The van der Waals surface area contributed by atoms with E-state index in [1.54, 1.807) is 13.0 Å². The molecule has 0 fully saturated rings. The van der Waals surface area contributed by atoms with E-state index in [0.717, 1.165) is 6.42 Å². The SMILES string of the molecule is CC[C@H](CO)Nc1cc(Cl)nc(C)n1. The molecule has 0 amide bonds. The summed E-state index contributed by atoms with van der Waals surface area (Å²) < 4.78 is 0. The summed E-state index contributed by atoms with van der Waals surface area (Å²) in [4.78, 5) is 8.10. The summed E-state index contributed by atoms with van der Waals surface area (Å²) >= 11 is 5.77. The van der Waals surface area contributed by atoms with Gasteiger partial charge in [0.25, 0.3) is 0 Å². The van der Waals surface area contributed by atoms with Crippen molar-refractivity contribution < 1.29 is 5.11 Å². The second kappa shape index (κ2) is 5.12. The largest absolute Gasteiger partial charge is 0.394 e. The normalized spacial score (nSPS) is 12.6. The van der Waals surface area contributed by atoms with Crippen molar-refractivity contribution in [2.45, 2.75) is 26.3 Å². The summed E-state index contributed by atoms with van der Waals surface area (Å²) in [7, 11) is 0. The van der Waals surface area contributed by atoms with E-state index < -0.39 is 0 Å². The van der Waals surface area contributed by atoms with Crippen LogP contribution in [0.15, 0.2) is 6.07 Å². The molecule has 1 aromatic heterocycles. The summed E-state index contributed by atoms with van der Waals surface area (Å²) in [6.07, 6.45) is 0.831. The number of anilines is 1. The van der Waals surface area contributed by atoms with Crippen molar-refractivity contribution in [1.82, 2.24) is 9.97 Å². The topological polar surface area (TPSA) is 58.0 Å². The fourth-order valence-electron chi connectivity index (χ4n) is 1.09. The van der Waals surface area contributed by atoms with Crippen LogP contribution >= 0.6 is 11.6 Å². The zero-order valence-electron chi connectivity index (χ0n) is 8.29. The van der Waals surface area contributed by atoms with Crippen molar-refractivity contribution in [2.24, 2.45) is 0 Å². The van der Waals surface area contributed by atoms with Crippen LogP contribution in [0, 0.1) is 6.92 Å². The quantitative estimate of drug-likeness (QED) is 0.750. The fraction of sp³-hybridized carbons (Fsp3) is 0.556. The highest BCUT2D eigenvalue weighted by Gasteiger charge is 2.06. The first-order chi connectivity index (χ1) is 6.65. The van der Waals surface area contributed by atoms with Crippen LogP contribution in [0.3, 0.4) is 0 Å². The summed E-state index contributed by atoms with van der Waals surface area (Å²) in [5.41, 5.74) is 0. The molecule has 0 spiro atoms. The highest BCUT2D eigenvalue weighted by molar-refractivity contribution is 6.29. The Labute approximate surface area is 88.3 Å². The van der Waals surface area contributed by atoms with Crippen LogP contribution in [0.4, 0.5) is 5.82 Å². The average Bonchev–Trinajstić information content (AvgIpc) is 2.12. The Kier molecular flexibility index (Phi) is 4.10. The van der Waals surface area contributed by atoms with E-state index in [9.17, 15) is 0 Å². The lowest BCUT2D eigenvalue weighted by atomic mass is 10.2. The second-order valence-electron chi connectivity index (χ2n) is 3.06. The van der Waals surface area contributed by atoms with Gasteiger partial charge in [-0.05, 0) is 13.3 Å². The third-order valence-corrected chi connectivity index (χ3v) is 2.07. The summed E-state index contributed by atoms with van der Waals surface area (Å²) in [6, 6.07) is 1.66. The Morgan fingerprint density at radius 1 is 1.57 bits per heavy atom. The molecule has 78 valence electrons. The molecule has 1 heterocycles. The predicted molar refractivity (Wildman–Crippen MR) is 56.6 cm³/mol. The number of aryl methyl sites for hydroxylation is 1. The van der Waals surface area contributed by atoms with Gasteiger partial charge in [0.2, 0.25) is 0 Å². The van der Waals surface area contributed by atoms with E-state index in [2.05, 4.69) is 15.3 Å². The molecule has 0 bridgehead atoms. The van der Waals surface area contributed by atoms with Crippen LogP contribution in [-0.4, -0.2) is 27.7 Å². The summed E-state index contributed by atoms with van der Waals surface area (Å²) in [5.74, 6) is 1.27. The van der Waals surface area contributed by atoms with Gasteiger partial charge in [-0.3, -0.25) is 0 Å². The van der Waals surface area contributed by atoms with Crippen molar-refractivity contribution in [1.29, 1.82) is 0 Å². The van der Waals surface area contributed by atoms with Gasteiger partial charge in [0.15, 0.2) is 0 Å². The van der Waals surface area contributed by atoms with Gasteiger partial charge in [0.1, 0.15) is 16.8 Å². The number of hydrogen-bond acceptors (Lipinski definition) is 4. The molecule has 4 nitrogen and oxygen atoms in total. The van der Waals surface area contributed by atoms with Gasteiger partial charge >= 0.3 is 0 Å². The van der Waals surface area contributed by atoms with Gasteiger partial charge in [-0.25, -0.2) is 9.97 Å². The van der Waals surface area contributed by atoms with Crippen molar-refractivity contribution in [3.63, 3.8) is 0 Å². The molecule has 0 radical (unpaired) electrons. The summed E-state index contributed by atoms with van der Waals surface area (Å²) in [6.45, 7) is 3.84. The smallest absolute Gasteiger partial charge is 0.134 e. The molecule has 1 atom stereocenters. The summed E-state index contributed by atoms with van der Waals surface area (Å²) in [5, 5.41) is 12.5. The van der Waals surface area contributed by atoms with E-state index in [4.69, 9.17) is 16.7 Å². The van der Waals surface area contributed by atoms with Gasteiger partial charge in [-0.2, -0.15) is 0 Å². The molecular weight excluding hydrogens is 202 g/mol. The number of hydrogen-bond donors (Lipinski definition) is 2. The molecule has 0 aliphatic rings. The van der Waals surface area contributed by atoms with Crippen LogP contribution < -0.4 is 5.32 Å². The van der Waals surface area contributed by atoms with Gasteiger partial charge in [-0.15, -0.1) is 0 Å². The Balaban J connectivity index is 2.75. The third kappa shape index (κ3) is 3.12. The molecule has 0 saturated heterocycles. The van der Waals surface area contributed by atoms with Gasteiger partial charge < -0.3 is 10.4 Å². The monoisotopic (exact) mass is 215 g/mol. The average molecular weight is 216 g/mol. The first kappa shape index (κ1) is 11.2. The molecule has 0 aliphatic carbocycles. The maximum Gasteiger partial charge on any atom is 0.134 e. The number of aromatic nitrogens is 2. The van der Waals surface area contributed by atoms with E-state index in [0.29, 0.717) is 16.8 Å². The van der Waals surface area contributed by atoms with Crippen molar-refractivity contribution >= 4 is 17.4 Å². The zero-order valence-corrected chi connectivity index (χ0v) is 9.04. The maximum atomic E-state index is 8.99. The molecule has 0 saturated carbocycles. The predicted octanol–water partition coefficient (Wildman–Crippen LogP) is 1.62. The van der Waals surface area contributed by atoms with Crippen LogP contribution in [0.2, 0.25) is 5.15 Å². The molecule has 0 unspecified atom stereocenters. The minimum atomic E-state index is 0.0142. The number of nitrogens with zero attached hydrogens (tertiary/aromatic N) is 2. The van der Waals surface area contributed by atoms with Crippen LogP contribution in [-0.2, 0) is 0 Å². The van der Waals surface area contributed by atoms with E-state index in [1.807, 2.05) is 6.92 Å². The molecule has 14 heavy (non-hydrogen) atoms. The van der Waals surface area contributed by atoms with Crippen molar-refractivity contribution in [3.05, 3.63) is 17.0 Å². The Morgan fingerprint density at radius 3 is 2.79 bits per heavy atom. The minimum Gasteiger partial charge on any atom is -0.394 e.